The Morgan fingerprint density at radius 2 is 2.19 bits per heavy atom. The van der Waals surface area contributed by atoms with Crippen LogP contribution in [0.2, 0.25) is 0 Å². The summed E-state index contributed by atoms with van der Waals surface area (Å²) in [6.45, 7) is 6.19. The number of thiol groups is 1. The Bertz CT molecular complexity index is 386. The first kappa shape index (κ1) is 13.0. The van der Waals surface area contributed by atoms with Crippen molar-refractivity contribution < 1.29 is 4.92 Å². The molecule has 0 aliphatic rings. The minimum absolute atomic E-state index is 0.133. The average Bonchev–Trinajstić information content (AvgIpc) is 2.50. The first-order valence-electron chi connectivity index (χ1n) is 5.30. The van der Waals surface area contributed by atoms with Crippen LogP contribution in [0.1, 0.15) is 24.7 Å². The molecule has 0 spiro atoms. The van der Waals surface area contributed by atoms with Gasteiger partial charge in [-0.25, -0.2) is 0 Å². The zero-order valence-corrected chi connectivity index (χ0v) is 10.7. The van der Waals surface area contributed by atoms with E-state index in [0.29, 0.717) is 23.9 Å². The standard InChI is InChI=1S/C10H17N3O2S/c1-4-9(6-16)5-12-8(3)10(13(14)15)7(2)11-12/h9,16H,4-6H2,1-3H3. The van der Waals surface area contributed by atoms with Crippen molar-refractivity contribution in [2.75, 3.05) is 5.75 Å². The molecule has 0 aromatic carbocycles. The van der Waals surface area contributed by atoms with Gasteiger partial charge in [0.2, 0.25) is 0 Å². The molecule has 0 saturated heterocycles. The van der Waals surface area contributed by atoms with Crippen molar-refractivity contribution in [1.29, 1.82) is 0 Å². The topological polar surface area (TPSA) is 61.0 Å². The Kier molecular flexibility index (Phi) is 4.35. The lowest BCUT2D eigenvalue weighted by Gasteiger charge is -2.12. The van der Waals surface area contributed by atoms with Gasteiger partial charge in [-0.3, -0.25) is 14.8 Å². The molecule has 1 heterocycles. The second-order valence-corrected chi connectivity index (χ2v) is 4.28. The maximum Gasteiger partial charge on any atom is 0.312 e. The van der Waals surface area contributed by atoms with Crippen molar-refractivity contribution in [3.05, 3.63) is 21.5 Å². The zero-order valence-electron chi connectivity index (χ0n) is 9.80. The van der Waals surface area contributed by atoms with Crippen molar-refractivity contribution in [2.24, 2.45) is 5.92 Å². The third-order valence-electron chi connectivity index (χ3n) is 2.79. The SMILES string of the molecule is CCC(CS)Cn1nc(C)c([N+](=O)[O-])c1C. The summed E-state index contributed by atoms with van der Waals surface area (Å²) in [5, 5.41) is 15.0. The second kappa shape index (κ2) is 5.34. The van der Waals surface area contributed by atoms with Crippen LogP contribution in [0.25, 0.3) is 0 Å². The van der Waals surface area contributed by atoms with Crippen LogP contribution in [0.15, 0.2) is 0 Å². The minimum atomic E-state index is -0.365. The molecule has 1 aromatic rings. The van der Waals surface area contributed by atoms with E-state index < -0.39 is 0 Å². The van der Waals surface area contributed by atoms with E-state index in [1.54, 1.807) is 18.5 Å². The Labute approximate surface area is 100 Å². The van der Waals surface area contributed by atoms with Crippen LogP contribution in [0.5, 0.6) is 0 Å². The van der Waals surface area contributed by atoms with Crippen LogP contribution in [0, 0.1) is 29.9 Å². The monoisotopic (exact) mass is 243 g/mol. The molecule has 0 bridgehead atoms. The fourth-order valence-corrected chi connectivity index (χ4v) is 2.06. The quantitative estimate of drug-likeness (QED) is 0.490. The highest BCUT2D eigenvalue weighted by Crippen LogP contribution is 2.23. The summed E-state index contributed by atoms with van der Waals surface area (Å²) >= 11 is 4.26. The molecule has 0 aliphatic carbocycles. The van der Waals surface area contributed by atoms with E-state index in [9.17, 15) is 10.1 Å². The molecular weight excluding hydrogens is 226 g/mol. The van der Waals surface area contributed by atoms with E-state index >= 15 is 0 Å². The molecule has 5 nitrogen and oxygen atoms in total. The first-order chi connectivity index (χ1) is 7.51. The number of nitro groups is 1. The van der Waals surface area contributed by atoms with Gasteiger partial charge in [-0.05, 0) is 25.5 Å². The number of hydrogen-bond acceptors (Lipinski definition) is 4. The number of rotatable bonds is 5. The Hall–Kier alpha value is -1.04. The molecule has 0 radical (unpaired) electrons. The average molecular weight is 243 g/mol. The molecular formula is C10H17N3O2S. The summed E-state index contributed by atoms with van der Waals surface area (Å²) in [5.41, 5.74) is 1.24. The van der Waals surface area contributed by atoms with Gasteiger partial charge in [-0.1, -0.05) is 13.3 Å². The van der Waals surface area contributed by atoms with Gasteiger partial charge in [0, 0.05) is 6.54 Å². The van der Waals surface area contributed by atoms with E-state index in [0.717, 1.165) is 12.2 Å². The van der Waals surface area contributed by atoms with Gasteiger partial charge >= 0.3 is 5.69 Å². The predicted octanol–water partition coefficient (Wildman–Crippen LogP) is 2.36. The maximum absolute atomic E-state index is 10.8. The number of hydrogen-bond donors (Lipinski definition) is 1. The van der Waals surface area contributed by atoms with Gasteiger partial charge in [-0.2, -0.15) is 17.7 Å². The fraction of sp³-hybridized carbons (Fsp3) is 0.700. The first-order valence-corrected chi connectivity index (χ1v) is 5.93. The second-order valence-electron chi connectivity index (χ2n) is 3.92. The summed E-state index contributed by atoms with van der Waals surface area (Å²) in [6, 6.07) is 0. The van der Waals surface area contributed by atoms with Gasteiger partial charge in [0.25, 0.3) is 0 Å². The summed E-state index contributed by atoms with van der Waals surface area (Å²) in [6.07, 6.45) is 0.996. The van der Waals surface area contributed by atoms with E-state index in [1.807, 2.05) is 0 Å². The molecule has 1 atom stereocenters. The van der Waals surface area contributed by atoms with Crippen LogP contribution in [-0.2, 0) is 6.54 Å². The highest BCUT2D eigenvalue weighted by atomic mass is 32.1. The molecule has 0 amide bonds. The molecule has 0 N–H and O–H groups in total. The highest BCUT2D eigenvalue weighted by molar-refractivity contribution is 7.80. The van der Waals surface area contributed by atoms with Gasteiger partial charge in [0.05, 0.1) is 4.92 Å². The minimum Gasteiger partial charge on any atom is -0.262 e. The Morgan fingerprint density at radius 3 is 2.56 bits per heavy atom. The van der Waals surface area contributed by atoms with Crippen molar-refractivity contribution in [1.82, 2.24) is 9.78 Å². The number of aryl methyl sites for hydroxylation is 1. The Balaban J connectivity index is 2.98. The van der Waals surface area contributed by atoms with Crippen molar-refractivity contribution in [3.63, 3.8) is 0 Å². The van der Waals surface area contributed by atoms with Gasteiger partial charge in [-0.15, -0.1) is 0 Å². The summed E-state index contributed by atoms with van der Waals surface area (Å²) in [4.78, 5) is 10.5. The summed E-state index contributed by atoms with van der Waals surface area (Å²) in [5.74, 6) is 1.17. The molecule has 1 rings (SSSR count). The highest BCUT2D eigenvalue weighted by Gasteiger charge is 2.22. The molecule has 0 fully saturated rings. The van der Waals surface area contributed by atoms with Crippen molar-refractivity contribution in [2.45, 2.75) is 33.7 Å². The van der Waals surface area contributed by atoms with Crippen LogP contribution in [-0.4, -0.2) is 20.5 Å². The van der Waals surface area contributed by atoms with Crippen molar-refractivity contribution in [3.8, 4) is 0 Å². The zero-order chi connectivity index (χ0) is 12.3. The lowest BCUT2D eigenvalue weighted by Crippen LogP contribution is -2.14. The molecule has 0 aliphatic heterocycles. The third kappa shape index (κ3) is 2.55. The predicted molar refractivity (Wildman–Crippen MR) is 66.0 cm³/mol. The van der Waals surface area contributed by atoms with Crippen LogP contribution in [0.3, 0.4) is 0 Å². The van der Waals surface area contributed by atoms with Crippen LogP contribution >= 0.6 is 12.6 Å². The smallest absolute Gasteiger partial charge is 0.262 e. The van der Waals surface area contributed by atoms with E-state index in [1.165, 1.54) is 0 Å². The van der Waals surface area contributed by atoms with Crippen LogP contribution in [0.4, 0.5) is 5.69 Å². The lowest BCUT2D eigenvalue weighted by atomic mass is 10.1. The molecule has 90 valence electrons. The van der Waals surface area contributed by atoms with Crippen LogP contribution < -0.4 is 0 Å². The van der Waals surface area contributed by atoms with Gasteiger partial charge < -0.3 is 0 Å². The van der Waals surface area contributed by atoms with E-state index in [-0.39, 0.29) is 10.6 Å². The van der Waals surface area contributed by atoms with Gasteiger partial charge in [0.1, 0.15) is 11.4 Å². The molecule has 1 unspecified atom stereocenters. The lowest BCUT2D eigenvalue weighted by molar-refractivity contribution is -0.386. The molecule has 1 aromatic heterocycles. The summed E-state index contributed by atoms with van der Waals surface area (Å²) < 4.78 is 1.72. The Morgan fingerprint density at radius 1 is 1.56 bits per heavy atom. The largest absolute Gasteiger partial charge is 0.312 e. The molecule has 0 saturated carbocycles. The number of aromatic nitrogens is 2. The maximum atomic E-state index is 10.8. The normalized spacial score (nSPS) is 12.8. The fourth-order valence-electron chi connectivity index (χ4n) is 1.69. The molecule has 16 heavy (non-hydrogen) atoms. The number of nitrogens with zero attached hydrogens (tertiary/aromatic N) is 3. The van der Waals surface area contributed by atoms with Gasteiger partial charge in [0.15, 0.2) is 0 Å². The van der Waals surface area contributed by atoms with Crippen molar-refractivity contribution >= 4 is 18.3 Å². The molecule has 6 heteroatoms. The summed E-state index contributed by atoms with van der Waals surface area (Å²) in [7, 11) is 0. The van der Waals surface area contributed by atoms with E-state index in [2.05, 4.69) is 24.7 Å². The third-order valence-corrected chi connectivity index (χ3v) is 3.31. The van der Waals surface area contributed by atoms with E-state index in [4.69, 9.17) is 0 Å².